The molecule has 2 rings (SSSR count). The average molecular weight is 282 g/mol. The Bertz CT molecular complexity index is 570. The first kappa shape index (κ1) is 14.1. The highest BCUT2D eigenvalue weighted by atomic mass is 35.5. The molecule has 19 heavy (non-hydrogen) atoms. The van der Waals surface area contributed by atoms with Gasteiger partial charge in [-0.15, -0.1) is 0 Å². The fourth-order valence-electron chi connectivity index (χ4n) is 2.18. The highest BCUT2D eigenvalue weighted by molar-refractivity contribution is 6.31. The van der Waals surface area contributed by atoms with Crippen LogP contribution in [0, 0.1) is 13.8 Å². The van der Waals surface area contributed by atoms with Gasteiger partial charge in [-0.25, -0.2) is 0 Å². The zero-order valence-electron chi connectivity index (χ0n) is 11.9. The first-order valence-electron chi connectivity index (χ1n) is 6.44. The van der Waals surface area contributed by atoms with Crippen molar-refractivity contribution in [1.29, 1.82) is 0 Å². The SMILES string of the molecule is CCn1nc(C)c(Cl)c1CNCc1cn(C)nc1C. The Kier molecular flexibility index (Phi) is 4.27. The number of rotatable bonds is 5. The van der Waals surface area contributed by atoms with Crippen molar-refractivity contribution < 1.29 is 0 Å². The molecule has 2 aromatic rings. The highest BCUT2D eigenvalue weighted by Gasteiger charge is 2.12. The van der Waals surface area contributed by atoms with Gasteiger partial charge in [0.2, 0.25) is 0 Å². The summed E-state index contributed by atoms with van der Waals surface area (Å²) in [5.41, 5.74) is 4.19. The molecule has 0 bridgehead atoms. The van der Waals surface area contributed by atoms with E-state index in [1.807, 2.05) is 36.5 Å². The Morgan fingerprint density at radius 1 is 1.21 bits per heavy atom. The first-order valence-corrected chi connectivity index (χ1v) is 6.82. The fraction of sp³-hybridized carbons (Fsp3) is 0.538. The standard InChI is InChI=1S/C13H20ClN5/c1-5-19-12(13(14)10(3)17-19)7-15-6-11-8-18(4)16-9(11)2/h8,15H,5-7H2,1-4H3. The molecule has 0 fully saturated rings. The molecule has 0 spiro atoms. The molecule has 2 heterocycles. The van der Waals surface area contributed by atoms with E-state index in [-0.39, 0.29) is 0 Å². The molecular formula is C13H20ClN5. The molecule has 2 aromatic heterocycles. The normalized spacial score (nSPS) is 11.2. The van der Waals surface area contributed by atoms with Crippen LogP contribution in [0.2, 0.25) is 5.02 Å². The van der Waals surface area contributed by atoms with Gasteiger partial charge in [0.25, 0.3) is 0 Å². The molecule has 0 aliphatic carbocycles. The summed E-state index contributed by atoms with van der Waals surface area (Å²) in [6.07, 6.45) is 2.03. The highest BCUT2D eigenvalue weighted by Crippen LogP contribution is 2.20. The lowest BCUT2D eigenvalue weighted by Crippen LogP contribution is -2.16. The molecule has 6 heteroatoms. The van der Waals surface area contributed by atoms with Crippen LogP contribution in [0.3, 0.4) is 0 Å². The lowest BCUT2D eigenvalue weighted by molar-refractivity contribution is 0.578. The monoisotopic (exact) mass is 281 g/mol. The first-order chi connectivity index (χ1) is 9.02. The predicted octanol–water partition coefficient (Wildman–Crippen LogP) is 2.20. The Hall–Kier alpha value is -1.33. The molecule has 0 saturated heterocycles. The topological polar surface area (TPSA) is 47.7 Å². The van der Waals surface area contributed by atoms with E-state index < -0.39 is 0 Å². The van der Waals surface area contributed by atoms with Gasteiger partial charge in [0.15, 0.2) is 0 Å². The van der Waals surface area contributed by atoms with Crippen LogP contribution in [0.15, 0.2) is 6.20 Å². The van der Waals surface area contributed by atoms with E-state index in [0.29, 0.717) is 6.54 Å². The molecule has 0 radical (unpaired) electrons. The van der Waals surface area contributed by atoms with Crippen LogP contribution in [-0.4, -0.2) is 19.6 Å². The number of aryl methyl sites for hydroxylation is 4. The van der Waals surface area contributed by atoms with Crippen LogP contribution in [-0.2, 0) is 26.7 Å². The average Bonchev–Trinajstić information content (AvgIpc) is 2.82. The smallest absolute Gasteiger partial charge is 0.0860 e. The number of nitrogens with zero attached hydrogens (tertiary/aromatic N) is 4. The third kappa shape index (κ3) is 2.98. The lowest BCUT2D eigenvalue weighted by Gasteiger charge is -2.07. The predicted molar refractivity (Wildman–Crippen MR) is 76.1 cm³/mol. The van der Waals surface area contributed by atoms with Crippen molar-refractivity contribution in [3.63, 3.8) is 0 Å². The van der Waals surface area contributed by atoms with E-state index in [0.717, 1.165) is 35.2 Å². The van der Waals surface area contributed by atoms with Crippen molar-refractivity contribution in [2.75, 3.05) is 0 Å². The van der Waals surface area contributed by atoms with Crippen molar-refractivity contribution in [2.45, 2.75) is 40.4 Å². The molecule has 0 saturated carbocycles. The maximum atomic E-state index is 6.27. The van der Waals surface area contributed by atoms with Crippen LogP contribution >= 0.6 is 11.6 Å². The molecule has 0 aromatic carbocycles. The second-order valence-corrected chi connectivity index (χ2v) is 5.06. The van der Waals surface area contributed by atoms with Crippen LogP contribution in [0.5, 0.6) is 0 Å². The number of hydrogen-bond acceptors (Lipinski definition) is 3. The largest absolute Gasteiger partial charge is 0.307 e. The van der Waals surface area contributed by atoms with Crippen molar-refractivity contribution >= 4 is 11.6 Å². The minimum Gasteiger partial charge on any atom is -0.307 e. The Morgan fingerprint density at radius 2 is 1.95 bits per heavy atom. The van der Waals surface area contributed by atoms with E-state index in [2.05, 4.69) is 22.4 Å². The van der Waals surface area contributed by atoms with Gasteiger partial charge in [-0.1, -0.05) is 11.6 Å². The van der Waals surface area contributed by atoms with E-state index in [4.69, 9.17) is 11.6 Å². The van der Waals surface area contributed by atoms with E-state index in [1.165, 1.54) is 5.56 Å². The zero-order valence-corrected chi connectivity index (χ0v) is 12.6. The third-order valence-electron chi connectivity index (χ3n) is 3.18. The Balaban J connectivity index is 2.01. The summed E-state index contributed by atoms with van der Waals surface area (Å²) in [6, 6.07) is 0. The molecule has 0 unspecified atom stereocenters. The maximum absolute atomic E-state index is 6.27. The molecule has 1 N–H and O–H groups in total. The molecule has 0 aliphatic rings. The Morgan fingerprint density at radius 3 is 2.53 bits per heavy atom. The van der Waals surface area contributed by atoms with Crippen molar-refractivity contribution in [3.8, 4) is 0 Å². The van der Waals surface area contributed by atoms with Gasteiger partial charge in [0.05, 0.1) is 22.1 Å². The second-order valence-electron chi connectivity index (χ2n) is 4.68. The van der Waals surface area contributed by atoms with E-state index in [9.17, 15) is 0 Å². The second kappa shape index (κ2) is 5.75. The summed E-state index contributed by atoms with van der Waals surface area (Å²) in [7, 11) is 1.93. The molecule has 0 amide bonds. The number of nitrogens with one attached hydrogen (secondary N) is 1. The fourth-order valence-corrected chi connectivity index (χ4v) is 2.38. The molecule has 0 atom stereocenters. The van der Waals surface area contributed by atoms with Gasteiger partial charge < -0.3 is 5.32 Å². The summed E-state index contributed by atoms with van der Waals surface area (Å²) in [5, 5.41) is 12.9. The summed E-state index contributed by atoms with van der Waals surface area (Å²) in [4.78, 5) is 0. The van der Waals surface area contributed by atoms with Crippen molar-refractivity contribution in [3.05, 3.63) is 33.9 Å². The van der Waals surface area contributed by atoms with Crippen LogP contribution < -0.4 is 5.32 Å². The minimum absolute atomic E-state index is 0.710. The number of halogens is 1. The van der Waals surface area contributed by atoms with E-state index >= 15 is 0 Å². The number of hydrogen-bond donors (Lipinski definition) is 1. The molecule has 5 nitrogen and oxygen atoms in total. The van der Waals surface area contributed by atoms with Gasteiger partial charge in [0.1, 0.15) is 0 Å². The van der Waals surface area contributed by atoms with Crippen molar-refractivity contribution in [2.24, 2.45) is 7.05 Å². The summed E-state index contributed by atoms with van der Waals surface area (Å²) < 4.78 is 3.78. The van der Waals surface area contributed by atoms with Gasteiger partial charge in [0, 0.05) is 38.4 Å². The minimum atomic E-state index is 0.710. The van der Waals surface area contributed by atoms with Crippen LogP contribution in [0.25, 0.3) is 0 Å². The van der Waals surface area contributed by atoms with Crippen LogP contribution in [0.1, 0.15) is 29.6 Å². The maximum Gasteiger partial charge on any atom is 0.0860 e. The quantitative estimate of drug-likeness (QED) is 0.914. The molecule has 0 aliphatic heterocycles. The van der Waals surface area contributed by atoms with Gasteiger partial charge in [-0.2, -0.15) is 10.2 Å². The lowest BCUT2D eigenvalue weighted by atomic mass is 10.2. The Labute approximate surface area is 118 Å². The zero-order chi connectivity index (χ0) is 14.0. The van der Waals surface area contributed by atoms with Gasteiger partial charge in [-0.05, 0) is 20.8 Å². The summed E-state index contributed by atoms with van der Waals surface area (Å²) >= 11 is 6.27. The van der Waals surface area contributed by atoms with Crippen LogP contribution in [0.4, 0.5) is 0 Å². The summed E-state index contributed by atoms with van der Waals surface area (Å²) in [5.74, 6) is 0. The van der Waals surface area contributed by atoms with E-state index in [1.54, 1.807) is 0 Å². The van der Waals surface area contributed by atoms with Gasteiger partial charge >= 0.3 is 0 Å². The molecular weight excluding hydrogens is 262 g/mol. The third-order valence-corrected chi connectivity index (χ3v) is 3.67. The van der Waals surface area contributed by atoms with Crippen molar-refractivity contribution in [1.82, 2.24) is 24.9 Å². The summed E-state index contributed by atoms with van der Waals surface area (Å²) in [6.45, 7) is 8.34. The van der Waals surface area contributed by atoms with Gasteiger partial charge in [-0.3, -0.25) is 9.36 Å². The molecule has 104 valence electrons. The number of aromatic nitrogens is 4.